The van der Waals surface area contributed by atoms with Crippen LogP contribution in [0.3, 0.4) is 0 Å². The average Bonchev–Trinajstić information content (AvgIpc) is 2.62. The van der Waals surface area contributed by atoms with E-state index in [9.17, 15) is 13.2 Å². The van der Waals surface area contributed by atoms with E-state index in [-0.39, 0.29) is 4.70 Å². The van der Waals surface area contributed by atoms with Crippen molar-refractivity contribution >= 4 is 27.2 Å². The van der Waals surface area contributed by atoms with E-state index in [1.54, 1.807) is 7.05 Å². The van der Waals surface area contributed by atoms with Crippen molar-refractivity contribution < 1.29 is 13.2 Å². The Morgan fingerprint density at radius 1 is 1.33 bits per heavy atom. The molecule has 0 aliphatic heterocycles. The summed E-state index contributed by atoms with van der Waals surface area (Å²) in [6, 6.07) is 2.47. The molecular formula is C9H7F3N2S. The molecule has 0 amide bonds. The third-order valence-electron chi connectivity index (χ3n) is 2.06. The van der Waals surface area contributed by atoms with Gasteiger partial charge in [0.05, 0.1) is 21.5 Å². The van der Waals surface area contributed by atoms with Gasteiger partial charge in [-0.3, -0.25) is 0 Å². The Hall–Kier alpha value is -1.30. The highest BCUT2D eigenvalue weighted by molar-refractivity contribution is 7.17. The van der Waals surface area contributed by atoms with Crippen LogP contribution in [0, 0.1) is 0 Å². The second kappa shape index (κ2) is 3.37. The van der Waals surface area contributed by atoms with E-state index in [1.807, 2.05) is 0 Å². The van der Waals surface area contributed by atoms with Crippen LogP contribution in [0.15, 0.2) is 17.6 Å². The fourth-order valence-electron chi connectivity index (χ4n) is 1.38. The van der Waals surface area contributed by atoms with Crippen molar-refractivity contribution in [3.63, 3.8) is 0 Å². The SMILES string of the molecule is CNc1ccc(C(F)(F)F)c2scnc12. The lowest BCUT2D eigenvalue weighted by Crippen LogP contribution is -2.05. The van der Waals surface area contributed by atoms with Gasteiger partial charge < -0.3 is 5.32 Å². The zero-order valence-electron chi connectivity index (χ0n) is 7.72. The summed E-state index contributed by atoms with van der Waals surface area (Å²) < 4.78 is 37.9. The van der Waals surface area contributed by atoms with Crippen molar-refractivity contribution in [2.24, 2.45) is 0 Å². The number of benzene rings is 1. The van der Waals surface area contributed by atoms with Crippen molar-refractivity contribution in [1.82, 2.24) is 4.98 Å². The largest absolute Gasteiger partial charge is 0.417 e. The molecule has 2 nitrogen and oxygen atoms in total. The smallest absolute Gasteiger partial charge is 0.386 e. The van der Waals surface area contributed by atoms with Crippen LogP contribution in [0.25, 0.3) is 10.2 Å². The number of nitrogens with zero attached hydrogens (tertiary/aromatic N) is 1. The van der Waals surface area contributed by atoms with E-state index in [2.05, 4.69) is 10.3 Å². The third kappa shape index (κ3) is 1.65. The second-order valence-corrected chi connectivity index (χ2v) is 3.79. The number of anilines is 1. The quantitative estimate of drug-likeness (QED) is 0.815. The van der Waals surface area contributed by atoms with Gasteiger partial charge in [-0.1, -0.05) is 0 Å². The maximum Gasteiger partial charge on any atom is 0.417 e. The highest BCUT2D eigenvalue weighted by Crippen LogP contribution is 2.38. The van der Waals surface area contributed by atoms with Crippen molar-refractivity contribution in [3.05, 3.63) is 23.2 Å². The number of hydrogen-bond acceptors (Lipinski definition) is 3. The van der Waals surface area contributed by atoms with E-state index >= 15 is 0 Å². The lowest BCUT2D eigenvalue weighted by atomic mass is 10.2. The predicted octanol–water partition coefficient (Wildman–Crippen LogP) is 3.36. The maximum atomic E-state index is 12.6. The number of fused-ring (bicyclic) bond motifs is 1. The number of thiazole rings is 1. The predicted molar refractivity (Wildman–Crippen MR) is 54.2 cm³/mol. The van der Waals surface area contributed by atoms with E-state index in [4.69, 9.17) is 0 Å². The number of alkyl halides is 3. The molecular weight excluding hydrogens is 225 g/mol. The van der Waals surface area contributed by atoms with Gasteiger partial charge in [0.2, 0.25) is 0 Å². The highest BCUT2D eigenvalue weighted by Gasteiger charge is 2.33. The lowest BCUT2D eigenvalue weighted by Gasteiger charge is -2.09. The summed E-state index contributed by atoms with van der Waals surface area (Å²) in [4.78, 5) is 3.92. The van der Waals surface area contributed by atoms with Crippen LogP contribution in [0.4, 0.5) is 18.9 Å². The molecule has 2 aromatic rings. The summed E-state index contributed by atoms with van der Waals surface area (Å²) >= 11 is 0.999. The first-order valence-corrected chi connectivity index (χ1v) is 5.03. The first kappa shape index (κ1) is 10.2. The molecule has 0 saturated heterocycles. The van der Waals surface area contributed by atoms with Gasteiger partial charge in [-0.2, -0.15) is 13.2 Å². The summed E-state index contributed by atoms with van der Waals surface area (Å²) in [5.41, 5.74) is 1.77. The molecule has 0 aliphatic carbocycles. The van der Waals surface area contributed by atoms with Crippen LogP contribution < -0.4 is 5.32 Å². The van der Waals surface area contributed by atoms with E-state index in [0.717, 1.165) is 17.4 Å². The number of halogens is 3. The van der Waals surface area contributed by atoms with E-state index < -0.39 is 11.7 Å². The first-order chi connectivity index (χ1) is 7.04. The Kier molecular flexibility index (Phi) is 2.30. The topological polar surface area (TPSA) is 24.9 Å². The molecule has 2 rings (SSSR count). The molecule has 1 N–H and O–H groups in total. The van der Waals surface area contributed by atoms with Gasteiger partial charge >= 0.3 is 6.18 Å². The molecule has 1 heterocycles. The summed E-state index contributed by atoms with van der Waals surface area (Å²) in [5.74, 6) is 0. The van der Waals surface area contributed by atoms with Crippen molar-refractivity contribution in [2.75, 3.05) is 12.4 Å². The number of aromatic nitrogens is 1. The Morgan fingerprint density at radius 3 is 2.67 bits per heavy atom. The molecule has 15 heavy (non-hydrogen) atoms. The normalized spacial score (nSPS) is 12.0. The standard InChI is InChI=1S/C9H7F3N2S/c1-13-6-3-2-5(9(10,11)12)8-7(6)14-4-15-8/h2-4,13H,1H3. The fraction of sp³-hybridized carbons (Fsp3) is 0.222. The van der Waals surface area contributed by atoms with Crippen LogP contribution in [0.5, 0.6) is 0 Å². The van der Waals surface area contributed by atoms with Crippen molar-refractivity contribution in [1.29, 1.82) is 0 Å². The minimum absolute atomic E-state index is 0.175. The zero-order valence-corrected chi connectivity index (χ0v) is 8.54. The van der Waals surface area contributed by atoms with E-state index in [1.165, 1.54) is 11.6 Å². The van der Waals surface area contributed by atoms with Crippen LogP contribution in [-0.2, 0) is 6.18 Å². The molecule has 0 unspecified atom stereocenters. The van der Waals surface area contributed by atoms with Gasteiger partial charge in [0.25, 0.3) is 0 Å². The van der Waals surface area contributed by atoms with Crippen molar-refractivity contribution in [3.8, 4) is 0 Å². The molecule has 1 aromatic carbocycles. The third-order valence-corrected chi connectivity index (χ3v) is 2.92. The Balaban J connectivity index is 2.74. The van der Waals surface area contributed by atoms with Gasteiger partial charge in [-0.15, -0.1) is 11.3 Å². The molecule has 0 spiro atoms. The molecule has 80 valence electrons. The zero-order chi connectivity index (χ0) is 11.1. The summed E-state index contributed by atoms with van der Waals surface area (Å²) in [5, 5.41) is 2.81. The monoisotopic (exact) mass is 232 g/mol. The molecule has 0 radical (unpaired) electrons. The summed E-state index contributed by atoms with van der Waals surface area (Å²) in [6.07, 6.45) is -4.32. The number of hydrogen-bond donors (Lipinski definition) is 1. The number of rotatable bonds is 1. The molecule has 0 atom stereocenters. The van der Waals surface area contributed by atoms with Crippen molar-refractivity contribution in [2.45, 2.75) is 6.18 Å². The Bertz CT molecular complexity index is 490. The maximum absolute atomic E-state index is 12.6. The minimum atomic E-state index is -4.32. The lowest BCUT2D eigenvalue weighted by molar-refractivity contribution is -0.136. The summed E-state index contributed by atoms with van der Waals surface area (Å²) in [6.45, 7) is 0. The van der Waals surface area contributed by atoms with E-state index in [0.29, 0.717) is 11.2 Å². The molecule has 0 fully saturated rings. The molecule has 0 bridgehead atoms. The Morgan fingerprint density at radius 2 is 2.07 bits per heavy atom. The van der Waals surface area contributed by atoms with Gasteiger partial charge in [0.1, 0.15) is 5.52 Å². The first-order valence-electron chi connectivity index (χ1n) is 4.15. The minimum Gasteiger partial charge on any atom is -0.386 e. The summed E-state index contributed by atoms with van der Waals surface area (Å²) in [7, 11) is 1.65. The fourth-order valence-corrected chi connectivity index (χ4v) is 2.22. The molecule has 0 saturated carbocycles. The molecule has 6 heteroatoms. The van der Waals surface area contributed by atoms with Crippen LogP contribution >= 0.6 is 11.3 Å². The average molecular weight is 232 g/mol. The molecule has 1 aromatic heterocycles. The highest BCUT2D eigenvalue weighted by atomic mass is 32.1. The van der Waals surface area contributed by atoms with Gasteiger partial charge in [0, 0.05) is 7.05 Å². The van der Waals surface area contributed by atoms with Crippen LogP contribution in [0.1, 0.15) is 5.56 Å². The van der Waals surface area contributed by atoms with Crippen LogP contribution in [0.2, 0.25) is 0 Å². The Labute approximate surface area is 87.7 Å². The van der Waals surface area contributed by atoms with Gasteiger partial charge in [0.15, 0.2) is 0 Å². The number of nitrogens with one attached hydrogen (secondary N) is 1. The van der Waals surface area contributed by atoms with Crippen LogP contribution in [-0.4, -0.2) is 12.0 Å². The van der Waals surface area contributed by atoms with Gasteiger partial charge in [-0.25, -0.2) is 4.98 Å². The second-order valence-electron chi connectivity index (χ2n) is 2.94. The molecule has 0 aliphatic rings. The van der Waals surface area contributed by atoms with Gasteiger partial charge in [-0.05, 0) is 12.1 Å².